The van der Waals surface area contributed by atoms with Crippen LogP contribution in [0.15, 0.2) is 12.2 Å². The second-order valence-electron chi connectivity index (χ2n) is 5.59. The number of rotatable bonds is 12. The molecule has 1 aliphatic rings. The van der Waals surface area contributed by atoms with E-state index in [9.17, 15) is 9.59 Å². The Morgan fingerprint density at radius 3 is 2.00 bits per heavy atom. The van der Waals surface area contributed by atoms with Crippen molar-refractivity contribution in [2.45, 2.75) is 26.2 Å². The number of hydrogen-bond acceptors (Lipinski definition) is 6. The third-order valence-electron chi connectivity index (χ3n) is 3.36. The summed E-state index contributed by atoms with van der Waals surface area (Å²) in [7, 11) is 0.228. The van der Waals surface area contributed by atoms with Gasteiger partial charge in [0.25, 0.3) is 0 Å². The molecule has 1 rings (SSSR count). The van der Waals surface area contributed by atoms with E-state index in [1.165, 1.54) is 30.8 Å². The van der Waals surface area contributed by atoms with E-state index in [4.69, 9.17) is 18.9 Å². The summed E-state index contributed by atoms with van der Waals surface area (Å²) < 4.78 is 20.6. The van der Waals surface area contributed by atoms with Gasteiger partial charge in [0.15, 0.2) is 0 Å². The lowest BCUT2D eigenvalue weighted by molar-refractivity contribution is -0.143. The van der Waals surface area contributed by atoms with Crippen LogP contribution >= 0.6 is 0 Å². The molecule has 1 fully saturated rings. The Balaban J connectivity index is 1.84. The molecule has 0 aromatic carbocycles. The Morgan fingerprint density at radius 2 is 1.42 bits per heavy atom. The summed E-state index contributed by atoms with van der Waals surface area (Å²) >= 11 is 0. The fourth-order valence-electron chi connectivity index (χ4n) is 2.10. The molecule has 0 saturated carbocycles. The maximum atomic E-state index is 11.7. The Hall–Kier alpha value is -1.05. The highest BCUT2D eigenvalue weighted by molar-refractivity contribution is 7.97. The number of carbonyl (C=O) groups is 2. The van der Waals surface area contributed by atoms with Crippen molar-refractivity contribution < 1.29 is 28.5 Å². The minimum Gasteiger partial charge on any atom is -0.460 e. The van der Waals surface area contributed by atoms with Crippen LogP contribution in [0.25, 0.3) is 0 Å². The first-order chi connectivity index (χ1) is 11.6. The van der Waals surface area contributed by atoms with Gasteiger partial charge < -0.3 is 18.9 Å². The van der Waals surface area contributed by atoms with Gasteiger partial charge in [0.2, 0.25) is 5.75 Å². The maximum absolute atomic E-state index is 11.7. The molecule has 7 heteroatoms. The van der Waals surface area contributed by atoms with Gasteiger partial charge in [-0.05, 0) is 37.1 Å². The van der Waals surface area contributed by atoms with Crippen molar-refractivity contribution in [3.63, 3.8) is 0 Å². The molecule has 0 radical (unpaired) electrons. The van der Waals surface area contributed by atoms with Crippen LogP contribution < -0.4 is 0 Å². The minimum absolute atomic E-state index is 0.112. The van der Waals surface area contributed by atoms with Gasteiger partial charge in [0.1, 0.15) is 24.7 Å². The molecule has 0 bridgehead atoms. The topological polar surface area (TPSA) is 71.1 Å². The summed E-state index contributed by atoms with van der Waals surface area (Å²) in [6.45, 7) is 7.07. The molecule has 6 nitrogen and oxygen atoms in total. The van der Waals surface area contributed by atoms with E-state index in [0.717, 1.165) is 0 Å². The van der Waals surface area contributed by atoms with Gasteiger partial charge in [-0.1, -0.05) is 6.58 Å². The van der Waals surface area contributed by atoms with E-state index in [1.807, 2.05) is 0 Å². The van der Waals surface area contributed by atoms with E-state index >= 15 is 0 Å². The largest absolute Gasteiger partial charge is 0.460 e. The second kappa shape index (κ2) is 13.3. The minimum atomic E-state index is -0.412. The molecule has 0 aromatic heterocycles. The smallest absolute Gasteiger partial charge is 0.356 e. The fraction of sp³-hybridized carbons (Fsp3) is 0.765. The highest BCUT2D eigenvalue weighted by Gasteiger charge is 2.25. The highest BCUT2D eigenvalue weighted by Crippen LogP contribution is 2.13. The predicted octanol–water partition coefficient (Wildman–Crippen LogP) is 1.48. The number of hydrogen-bond donors (Lipinski definition) is 0. The zero-order valence-corrected chi connectivity index (χ0v) is 15.4. The third-order valence-corrected chi connectivity index (χ3v) is 5.74. The lowest BCUT2D eigenvalue weighted by Crippen LogP contribution is -2.27. The normalized spacial score (nSPS) is 15.0. The van der Waals surface area contributed by atoms with Gasteiger partial charge in [-0.15, -0.1) is 0 Å². The molecule has 1 saturated heterocycles. The molecule has 0 aromatic rings. The van der Waals surface area contributed by atoms with E-state index in [-0.39, 0.29) is 30.1 Å². The summed E-state index contributed by atoms with van der Waals surface area (Å²) in [6, 6.07) is 0. The predicted molar refractivity (Wildman–Crippen MR) is 94.2 cm³/mol. The van der Waals surface area contributed by atoms with Crippen LogP contribution in [-0.2, 0) is 39.4 Å². The van der Waals surface area contributed by atoms with Crippen LogP contribution in [0.3, 0.4) is 0 Å². The molecule has 0 unspecified atom stereocenters. The summed E-state index contributed by atoms with van der Waals surface area (Å²) in [5.74, 6) is 2.38. The van der Waals surface area contributed by atoms with Crippen molar-refractivity contribution in [3.8, 4) is 0 Å². The summed E-state index contributed by atoms with van der Waals surface area (Å²) in [4.78, 5) is 22.8. The zero-order valence-electron chi connectivity index (χ0n) is 14.6. The molecule has 0 N–H and O–H groups in total. The van der Waals surface area contributed by atoms with Gasteiger partial charge in [-0.3, -0.25) is 0 Å². The Kier molecular flexibility index (Phi) is 11.6. The van der Waals surface area contributed by atoms with Crippen LogP contribution in [-0.4, -0.2) is 68.8 Å². The first-order valence-corrected chi connectivity index (χ1v) is 10.1. The monoisotopic (exact) mass is 361 g/mol. The summed E-state index contributed by atoms with van der Waals surface area (Å²) in [6.07, 6.45) is 3.78. The first-order valence-electron chi connectivity index (χ1n) is 8.37. The average molecular weight is 361 g/mol. The Morgan fingerprint density at radius 1 is 0.875 bits per heavy atom. The van der Waals surface area contributed by atoms with E-state index in [1.54, 1.807) is 6.92 Å². The fourth-order valence-corrected chi connectivity index (χ4v) is 4.23. The molecule has 1 aliphatic heterocycles. The summed E-state index contributed by atoms with van der Waals surface area (Å²) in [5, 5.41) is 0. The molecular weight excluding hydrogens is 332 g/mol. The van der Waals surface area contributed by atoms with E-state index in [0.29, 0.717) is 37.8 Å². The number of ether oxygens (including phenoxy) is 4. The standard InChI is InChI=1S/C17H29O6S/c1-15(2)17(19)23-11-9-21-7-6-20-8-10-22-16(18)14-24-12-4-3-5-13-24/h1,3-14H2,2H3/q+1. The second-order valence-corrected chi connectivity index (χ2v) is 7.92. The molecule has 0 aliphatic carbocycles. The van der Waals surface area contributed by atoms with Gasteiger partial charge in [-0.2, -0.15) is 0 Å². The van der Waals surface area contributed by atoms with Crippen molar-refractivity contribution >= 4 is 22.8 Å². The van der Waals surface area contributed by atoms with Gasteiger partial charge in [-0.25, -0.2) is 9.59 Å². The molecule has 138 valence electrons. The average Bonchev–Trinajstić information content (AvgIpc) is 2.57. The van der Waals surface area contributed by atoms with Crippen LogP contribution in [0.4, 0.5) is 0 Å². The highest BCUT2D eigenvalue weighted by atomic mass is 32.2. The van der Waals surface area contributed by atoms with Crippen molar-refractivity contribution in [1.82, 2.24) is 0 Å². The first kappa shape index (κ1) is 21.0. The third kappa shape index (κ3) is 10.7. The van der Waals surface area contributed by atoms with Crippen LogP contribution in [0.1, 0.15) is 26.2 Å². The lowest BCUT2D eigenvalue weighted by atomic mass is 10.3. The van der Waals surface area contributed by atoms with Gasteiger partial charge in [0, 0.05) is 5.57 Å². The molecular formula is C17H29O6S+. The van der Waals surface area contributed by atoms with Gasteiger partial charge in [0.05, 0.1) is 26.4 Å². The summed E-state index contributed by atoms with van der Waals surface area (Å²) in [5.41, 5.74) is 0.372. The van der Waals surface area contributed by atoms with Crippen LogP contribution in [0.5, 0.6) is 0 Å². The quantitative estimate of drug-likeness (QED) is 0.227. The van der Waals surface area contributed by atoms with Crippen molar-refractivity contribution in [3.05, 3.63) is 12.2 Å². The Labute approximate surface area is 147 Å². The SMILES string of the molecule is C=C(C)C(=O)OCCOCCOCCOC(=O)C[S+]1CCCCC1. The number of carbonyl (C=O) groups excluding carboxylic acids is 2. The Bertz CT molecular complexity index is 393. The van der Waals surface area contributed by atoms with Crippen LogP contribution in [0, 0.1) is 0 Å². The number of esters is 2. The zero-order chi connectivity index (χ0) is 17.6. The molecule has 24 heavy (non-hydrogen) atoms. The molecule has 0 amide bonds. The van der Waals surface area contributed by atoms with Crippen molar-refractivity contribution in [1.29, 1.82) is 0 Å². The van der Waals surface area contributed by atoms with Gasteiger partial charge >= 0.3 is 11.9 Å². The lowest BCUT2D eigenvalue weighted by Gasteiger charge is -2.13. The molecule has 0 spiro atoms. The maximum Gasteiger partial charge on any atom is 0.356 e. The van der Waals surface area contributed by atoms with Crippen molar-refractivity contribution in [2.24, 2.45) is 0 Å². The van der Waals surface area contributed by atoms with Crippen LogP contribution in [0.2, 0.25) is 0 Å². The van der Waals surface area contributed by atoms with E-state index < -0.39 is 5.97 Å². The van der Waals surface area contributed by atoms with E-state index in [2.05, 4.69) is 6.58 Å². The van der Waals surface area contributed by atoms with Crippen molar-refractivity contribution in [2.75, 3.05) is 56.9 Å². The molecule has 1 heterocycles. The molecule has 0 atom stereocenters.